The van der Waals surface area contributed by atoms with E-state index in [0.717, 1.165) is 4.86 Å². The van der Waals surface area contributed by atoms with Crippen LogP contribution in [-0.2, 0) is 4.79 Å². The van der Waals surface area contributed by atoms with Gasteiger partial charge in [0.05, 0.1) is 0 Å². The third-order valence-electron chi connectivity index (χ3n) is 1.31. The van der Waals surface area contributed by atoms with Gasteiger partial charge in [0.15, 0.2) is 0 Å². The lowest BCUT2D eigenvalue weighted by Crippen LogP contribution is -2.39. The first-order valence-electron chi connectivity index (χ1n) is 3.64. The summed E-state index contributed by atoms with van der Waals surface area (Å²) in [5.41, 5.74) is 0. The van der Waals surface area contributed by atoms with Crippen LogP contribution in [0.2, 0.25) is 0 Å². The quantitative estimate of drug-likeness (QED) is 0.444. The van der Waals surface area contributed by atoms with Crippen LogP contribution in [0.5, 0.6) is 0 Å². The van der Waals surface area contributed by atoms with E-state index in [-0.39, 0.29) is 0 Å². The lowest BCUT2D eigenvalue weighted by molar-refractivity contribution is -0.139. The van der Waals surface area contributed by atoms with Gasteiger partial charge in [0.25, 0.3) is 0 Å². The van der Waals surface area contributed by atoms with Gasteiger partial charge in [-0.1, -0.05) is 12.2 Å². The summed E-state index contributed by atoms with van der Waals surface area (Å²) in [5.74, 6) is -0.291. The molecule has 0 aliphatic heterocycles. The van der Waals surface area contributed by atoms with Gasteiger partial charge < -0.3 is 5.11 Å². The Morgan fingerprint density at radius 1 is 1.75 bits per heavy atom. The summed E-state index contributed by atoms with van der Waals surface area (Å²) in [6.45, 7) is 2.25. The van der Waals surface area contributed by atoms with E-state index in [4.69, 9.17) is 17.3 Å². The zero-order chi connectivity index (χ0) is 9.56. The zero-order valence-electron chi connectivity index (χ0n) is 6.91. The van der Waals surface area contributed by atoms with Gasteiger partial charge in [-0.2, -0.15) is 12.6 Å². The van der Waals surface area contributed by atoms with Gasteiger partial charge in [-0.05, 0) is 19.1 Å². The van der Waals surface area contributed by atoms with Crippen LogP contribution in [0.4, 0.5) is 0 Å². The number of thiol groups is 1. The molecule has 0 aliphatic carbocycles. The molecule has 0 aromatic carbocycles. The second-order valence-corrected chi connectivity index (χ2v) is 3.63. The molecule has 0 spiro atoms. The molecule has 0 saturated carbocycles. The van der Waals surface area contributed by atoms with Crippen LogP contribution in [0, 0.1) is 0 Å². The minimum atomic E-state index is -0.847. The molecule has 0 bridgehead atoms. The normalized spacial score (nSPS) is 12.5. The fourth-order valence-corrected chi connectivity index (χ4v) is 1.05. The van der Waals surface area contributed by atoms with Crippen LogP contribution in [0.3, 0.4) is 0 Å². The van der Waals surface area contributed by atoms with Crippen molar-refractivity contribution in [2.24, 2.45) is 0 Å². The van der Waals surface area contributed by atoms with Crippen LogP contribution in [0.1, 0.15) is 13.3 Å². The second kappa shape index (κ2) is 6.39. The number of carboxylic acids is 1. The first-order chi connectivity index (χ1) is 5.57. The molecule has 1 atom stereocenters. The van der Waals surface area contributed by atoms with Crippen molar-refractivity contribution in [2.45, 2.75) is 19.4 Å². The summed E-state index contributed by atoms with van der Waals surface area (Å²) < 4.78 is 0. The second-order valence-electron chi connectivity index (χ2n) is 2.49. The SMILES string of the molecule is CC(=S)CN[C@@H](CCS)C(=O)O. The van der Waals surface area contributed by atoms with Crippen molar-refractivity contribution < 1.29 is 9.90 Å². The van der Waals surface area contributed by atoms with Gasteiger partial charge in [0.2, 0.25) is 0 Å². The van der Waals surface area contributed by atoms with E-state index in [0.29, 0.717) is 18.7 Å². The van der Waals surface area contributed by atoms with E-state index in [1.54, 1.807) is 6.92 Å². The summed E-state index contributed by atoms with van der Waals surface area (Å²) in [7, 11) is 0. The monoisotopic (exact) mass is 207 g/mol. The van der Waals surface area contributed by atoms with Crippen LogP contribution < -0.4 is 5.32 Å². The lowest BCUT2D eigenvalue weighted by Gasteiger charge is -2.11. The Labute approximate surface area is 82.9 Å². The molecule has 0 aromatic heterocycles. The highest BCUT2D eigenvalue weighted by Crippen LogP contribution is 1.94. The summed E-state index contributed by atoms with van der Waals surface area (Å²) in [4.78, 5) is 11.3. The summed E-state index contributed by atoms with van der Waals surface area (Å²) in [5, 5.41) is 11.5. The van der Waals surface area contributed by atoms with Gasteiger partial charge in [-0.15, -0.1) is 0 Å². The van der Waals surface area contributed by atoms with Crippen molar-refractivity contribution in [3.8, 4) is 0 Å². The molecule has 0 radical (unpaired) electrons. The zero-order valence-corrected chi connectivity index (χ0v) is 8.62. The van der Waals surface area contributed by atoms with Crippen molar-refractivity contribution in [2.75, 3.05) is 12.3 Å². The van der Waals surface area contributed by atoms with Crippen molar-refractivity contribution in [3.63, 3.8) is 0 Å². The molecule has 70 valence electrons. The summed E-state index contributed by atoms with van der Waals surface area (Å²) in [6.07, 6.45) is 0.515. The topological polar surface area (TPSA) is 49.3 Å². The van der Waals surface area contributed by atoms with Crippen LogP contribution in [0.15, 0.2) is 0 Å². The van der Waals surface area contributed by atoms with Gasteiger partial charge in [-0.25, -0.2) is 0 Å². The number of carbonyl (C=O) groups is 1. The molecule has 0 amide bonds. The minimum absolute atomic E-state index is 0.472. The number of nitrogens with one attached hydrogen (secondary N) is 1. The number of hydrogen-bond donors (Lipinski definition) is 3. The van der Waals surface area contributed by atoms with Gasteiger partial charge in [0.1, 0.15) is 6.04 Å². The van der Waals surface area contributed by atoms with E-state index in [1.807, 2.05) is 0 Å². The number of thiocarbonyl (C=S) groups is 1. The molecule has 0 saturated heterocycles. The fourth-order valence-electron chi connectivity index (χ4n) is 0.709. The predicted octanol–water partition coefficient (Wildman–Crippen LogP) is 0.739. The standard InChI is InChI=1S/C7H13NO2S2/c1-5(12)4-8-6(2-3-11)7(9)10/h6,8,11H,2-4H2,1H3,(H,9,10)/t6-/m0/s1. The highest BCUT2D eigenvalue weighted by Gasteiger charge is 2.14. The molecule has 3 nitrogen and oxygen atoms in total. The first kappa shape index (κ1) is 11.9. The maximum atomic E-state index is 10.6. The Hall–Kier alpha value is -0.130. The molecule has 0 aromatic rings. The Morgan fingerprint density at radius 2 is 2.33 bits per heavy atom. The van der Waals surface area contributed by atoms with Gasteiger partial charge in [-0.3, -0.25) is 10.1 Å². The predicted molar refractivity (Wildman–Crippen MR) is 56.2 cm³/mol. The molecule has 5 heteroatoms. The Bertz CT molecular complexity index is 173. The van der Waals surface area contributed by atoms with Crippen molar-refractivity contribution in [1.82, 2.24) is 5.32 Å². The highest BCUT2D eigenvalue weighted by molar-refractivity contribution is 7.80. The summed E-state index contributed by atoms with van der Waals surface area (Å²) >= 11 is 8.77. The molecule has 0 heterocycles. The number of rotatable bonds is 6. The fraction of sp³-hybridized carbons (Fsp3) is 0.714. The van der Waals surface area contributed by atoms with Crippen molar-refractivity contribution in [3.05, 3.63) is 0 Å². The molecule has 0 rings (SSSR count). The van der Waals surface area contributed by atoms with E-state index in [2.05, 4.69) is 17.9 Å². The first-order valence-corrected chi connectivity index (χ1v) is 4.68. The van der Waals surface area contributed by atoms with Crippen LogP contribution in [-0.4, -0.2) is 34.3 Å². The minimum Gasteiger partial charge on any atom is -0.480 e. The van der Waals surface area contributed by atoms with Crippen molar-refractivity contribution >= 4 is 35.7 Å². The number of hydrogen-bond acceptors (Lipinski definition) is 4. The Morgan fingerprint density at radius 3 is 2.67 bits per heavy atom. The largest absolute Gasteiger partial charge is 0.480 e. The van der Waals surface area contributed by atoms with Crippen LogP contribution in [0.25, 0.3) is 0 Å². The highest BCUT2D eigenvalue weighted by atomic mass is 32.1. The van der Waals surface area contributed by atoms with Gasteiger partial charge in [0, 0.05) is 11.4 Å². The average Bonchev–Trinajstić information content (AvgIpc) is 1.96. The van der Waals surface area contributed by atoms with Crippen molar-refractivity contribution in [1.29, 1.82) is 0 Å². The third kappa shape index (κ3) is 5.51. The van der Waals surface area contributed by atoms with Gasteiger partial charge >= 0.3 is 5.97 Å². The van der Waals surface area contributed by atoms with E-state index < -0.39 is 12.0 Å². The molecule has 0 aliphatic rings. The molecule has 2 N–H and O–H groups in total. The smallest absolute Gasteiger partial charge is 0.320 e. The maximum absolute atomic E-state index is 10.6. The maximum Gasteiger partial charge on any atom is 0.320 e. The molecular weight excluding hydrogens is 194 g/mol. The summed E-state index contributed by atoms with van der Waals surface area (Å²) in [6, 6.07) is -0.527. The number of carboxylic acid groups (broad SMARTS) is 1. The third-order valence-corrected chi connectivity index (χ3v) is 1.72. The van der Waals surface area contributed by atoms with E-state index >= 15 is 0 Å². The lowest BCUT2D eigenvalue weighted by atomic mass is 10.2. The van der Waals surface area contributed by atoms with E-state index in [1.165, 1.54) is 0 Å². The molecular formula is C7H13NO2S2. The molecule has 0 fully saturated rings. The molecule has 0 unspecified atom stereocenters. The Balaban J connectivity index is 3.79. The van der Waals surface area contributed by atoms with Crippen LogP contribution >= 0.6 is 24.8 Å². The Kier molecular flexibility index (Phi) is 6.32. The van der Waals surface area contributed by atoms with E-state index in [9.17, 15) is 4.79 Å². The number of aliphatic carboxylic acids is 1. The molecule has 12 heavy (non-hydrogen) atoms. The average molecular weight is 207 g/mol.